The highest BCUT2D eigenvalue weighted by molar-refractivity contribution is 9.10. The summed E-state index contributed by atoms with van der Waals surface area (Å²) in [7, 11) is 0. The van der Waals surface area contributed by atoms with Crippen molar-refractivity contribution in [3.05, 3.63) is 67.6 Å². The number of benzene rings is 2. The highest BCUT2D eigenvalue weighted by Gasteiger charge is 2.12. The van der Waals surface area contributed by atoms with Gasteiger partial charge in [0.2, 0.25) is 0 Å². The van der Waals surface area contributed by atoms with E-state index in [2.05, 4.69) is 26.0 Å². The van der Waals surface area contributed by atoms with Gasteiger partial charge in [-0.2, -0.15) is 9.78 Å². The van der Waals surface area contributed by atoms with Crippen LogP contribution in [0.5, 0.6) is 5.75 Å². The Morgan fingerprint density at radius 2 is 2.06 bits per heavy atom. The molecule has 0 aliphatic rings. The Hall–Kier alpha value is -2.71. The van der Waals surface area contributed by atoms with E-state index < -0.39 is 5.97 Å². The molecule has 0 saturated heterocycles. The molecule has 1 aromatic heterocycles. The summed E-state index contributed by atoms with van der Waals surface area (Å²) in [6.07, 6.45) is 1.74. The van der Waals surface area contributed by atoms with E-state index in [0.717, 1.165) is 4.47 Å². The summed E-state index contributed by atoms with van der Waals surface area (Å²) in [4.78, 5) is 29.4. The van der Waals surface area contributed by atoms with Gasteiger partial charge in [0.25, 0.3) is 5.56 Å². The lowest BCUT2D eigenvalue weighted by atomic mass is 10.2. The van der Waals surface area contributed by atoms with E-state index in [0.29, 0.717) is 39.5 Å². The highest BCUT2D eigenvalue weighted by Crippen LogP contribution is 2.22. The number of nitrogens with zero attached hydrogens (tertiary/aromatic N) is 3. The average molecular weight is 507 g/mol. The van der Waals surface area contributed by atoms with E-state index in [1.165, 1.54) is 10.9 Å². The monoisotopic (exact) mass is 505 g/mol. The molecule has 0 atom stereocenters. The SMILES string of the molecule is CCc1nc2ccc(Br)cc2c(=O)n1N=Cc1cc(Cl)ccc1OCC(=O)OC(C)C. The normalized spacial score (nSPS) is 11.4. The van der Waals surface area contributed by atoms with Gasteiger partial charge < -0.3 is 9.47 Å². The number of ether oxygens (including phenoxy) is 2. The van der Waals surface area contributed by atoms with Gasteiger partial charge in [0.15, 0.2) is 6.61 Å². The zero-order valence-corrected chi connectivity index (χ0v) is 19.6. The van der Waals surface area contributed by atoms with Crippen LogP contribution in [0.4, 0.5) is 0 Å². The van der Waals surface area contributed by atoms with Crippen molar-refractivity contribution in [2.45, 2.75) is 33.3 Å². The van der Waals surface area contributed by atoms with Gasteiger partial charge in [-0.05, 0) is 50.2 Å². The number of aromatic nitrogens is 2. The van der Waals surface area contributed by atoms with Crippen LogP contribution in [0.3, 0.4) is 0 Å². The van der Waals surface area contributed by atoms with Gasteiger partial charge >= 0.3 is 5.97 Å². The van der Waals surface area contributed by atoms with Crippen LogP contribution in [0.25, 0.3) is 10.9 Å². The summed E-state index contributed by atoms with van der Waals surface area (Å²) in [6, 6.07) is 10.2. The molecule has 0 bridgehead atoms. The Balaban J connectivity index is 1.97. The van der Waals surface area contributed by atoms with Crippen LogP contribution >= 0.6 is 27.5 Å². The minimum absolute atomic E-state index is 0.234. The fourth-order valence-corrected chi connectivity index (χ4v) is 3.39. The van der Waals surface area contributed by atoms with Crippen molar-refractivity contribution in [3.63, 3.8) is 0 Å². The first-order chi connectivity index (χ1) is 14.8. The predicted octanol–water partition coefficient (Wildman–Crippen LogP) is 4.59. The van der Waals surface area contributed by atoms with Crippen LogP contribution < -0.4 is 10.3 Å². The van der Waals surface area contributed by atoms with Crippen molar-refractivity contribution in [3.8, 4) is 5.75 Å². The van der Waals surface area contributed by atoms with Gasteiger partial charge in [0, 0.05) is 21.5 Å². The molecule has 0 fully saturated rings. The molecule has 1 heterocycles. The van der Waals surface area contributed by atoms with E-state index >= 15 is 0 Å². The van der Waals surface area contributed by atoms with E-state index in [1.807, 2.05) is 13.0 Å². The van der Waals surface area contributed by atoms with E-state index in [9.17, 15) is 9.59 Å². The van der Waals surface area contributed by atoms with Gasteiger partial charge in [0.1, 0.15) is 11.6 Å². The fourth-order valence-electron chi connectivity index (χ4n) is 2.85. The van der Waals surface area contributed by atoms with Gasteiger partial charge in [-0.15, -0.1) is 0 Å². The lowest BCUT2D eigenvalue weighted by Gasteiger charge is -2.11. The van der Waals surface area contributed by atoms with Crippen molar-refractivity contribution in [2.75, 3.05) is 6.61 Å². The van der Waals surface area contributed by atoms with Crippen molar-refractivity contribution < 1.29 is 14.3 Å². The number of esters is 1. The molecule has 0 N–H and O–H groups in total. The molecule has 9 heteroatoms. The lowest BCUT2D eigenvalue weighted by Crippen LogP contribution is -2.22. The minimum Gasteiger partial charge on any atom is -0.481 e. The second-order valence-electron chi connectivity index (χ2n) is 6.91. The Morgan fingerprint density at radius 3 is 2.77 bits per heavy atom. The number of halogens is 2. The maximum absolute atomic E-state index is 13.0. The number of carbonyl (C=O) groups is 1. The molecular weight excluding hydrogens is 486 g/mol. The molecule has 3 aromatic rings. The standard InChI is InChI=1S/C22H21BrClN3O4/c1-4-20-26-18-7-5-15(23)10-17(18)22(29)27(20)25-11-14-9-16(24)6-8-19(14)30-12-21(28)31-13(2)3/h5-11,13H,4,12H2,1-3H3. The summed E-state index contributed by atoms with van der Waals surface area (Å²) in [6.45, 7) is 5.16. The summed E-state index contributed by atoms with van der Waals surface area (Å²) in [5, 5.41) is 5.26. The van der Waals surface area contributed by atoms with Crippen LogP contribution in [0.1, 0.15) is 32.2 Å². The first-order valence-electron chi connectivity index (χ1n) is 9.66. The summed E-state index contributed by atoms with van der Waals surface area (Å²) in [5.41, 5.74) is 0.824. The third-order valence-corrected chi connectivity index (χ3v) is 4.92. The molecule has 31 heavy (non-hydrogen) atoms. The molecule has 7 nitrogen and oxygen atoms in total. The molecule has 2 aromatic carbocycles. The highest BCUT2D eigenvalue weighted by atomic mass is 79.9. The largest absolute Gasteiger partial charge is 0.481 e. The molecule has 0 amide bonds. The Bertz CT molecular complexity index is 1210. The number of aryl methyl sites for hydroxylation is 1. The topological polar surface area (TPSA) is 82.8 Å². The van der Waals surface area contributed by atoms with Crippen molar-refractivity contribution >= 4 is 50.6 Å². The third-order valence-electron chi connectivity index (χ3n) is 4.19. The third kappa shape index (κ3) is 5.71. The average Bonchev–Trinajstić information content (AvgIpc) is 2.72. The van der Waals surface area contributed by atoms with Gasteiger partial charge in [0.05, 0.1) is 23.2 Å². The van der Waals surface area contributed by atoms with Gasteiger partial charge in [-0.25, -0.2) is 9.78 Å². The Kier molecular flexibility index (Phi) is 7.46. The summed E-state index contributed by atoms with van der Waals surface area (Å²) in [5.74, 6) is 0.416. The summed E-state index contributed by atoms with van der Waals surface area (Å²) >= 11 is 9.50. The molecule has 0 unspecified atom stereocenters. The van der Waals surface area contributed by atoms with Gasteiger partial charge in [-0.1, -0.05) is 34.5 Å². The quantitative estimate of drug-likeness (QED) is 0.346. The smallest absolute Gasteiger partial charge is 0.344 e. The number of hydrogen-bond donors (Lipinski definition) is 0. The van der Waals surface area contributed by atoms with E-state index in [-0.39, 0.29) is 18.3 Å². The molecule has 0 aliphatic carbocycles. The van der Waals surface area contributed by atoms with E-state index in [4.69, 9.17) is 21.1 Å². The molecule has 0 spiro atoms. The first-order valence-corrected chi connectivity index (χ1v) is 10.8. The Labute approximate surface area is 192 Å². The Morgan fingerprint density at radius 1 is 1.29 bits per heavy atom. The summed E-state index contributed by atoms with van der Waals surface area (Å²) < 4.78 is 12.7. The second-order valence-corrected chi connectivity index (χ2v) is 8.27. The van der Waals surface area contributed by atoms with Crippen molar-refractivity contribution in [1.82, 2.24) is 9.66 Å². The molecular formula is C22H21BrClN3O4. The van der Waals surface area contributed by atoms with Gasteiger partial charge in [-0.3, -0.25) is 4.79 Å². The van der Waals surface area contributed by atoms with Crippen LogP contribution in [0.2, 0.25) is 5.02 Å². The second kappa shape index (κ2) is 10.1. The van der Waals surface area contributed by atoms with Crippen molar-refractivity contribution in [2.24, 2.45) is 5.10 Å². The van der Waals surface area contributed by atoms with E-state index in [1.54, 1.807) is 44.2 Å². The minimum atomic E-state index is -0.485. The van der Waals surface area contributed by atoms with Crippen molar-refractivity contribution in [1.29, 1.82) is 0 Å². The molecule has 3 rings (SSSR count). The zero-order chi connectivity index (χ0) is 22.5. The number of fused-ring (bicyclic) bond motifs is 1. The fraction of sp³-hybridized carbons (Fsp3) is 0.273. The van der Waals surface area contributed by atoms with Crippen LogP contribution in [0.15, 0.2) is 50.8 Å². The molecule has 0 radical (unpaired) electrons. The first kappa shape index (κ1) is 23.0. The number of rotatable bonds is 7. The zero-order valence-electron chi connectivity index (χ0n) is 17.3. The molecule has 162 valence electrons. The molecule has 0 saturated carbocycles. The molecule has 0 aliphatic heterocycles. The lowest BCUT2D eigenvalue weighted by molar-refractivity contribution is -0.149. The number of carbonyl (C=O) groups excluding carboxylic acids is 1. The number of hydrogen-bond acceptors (Lipinski definition) is 6. The van der Waals surface area contributed by atoms with Crippen LogP contribution in [-0.4, -0.2) is 34.6 Å². The van der Waals surface area contributed by atoms with Crippen LogP contribution in [-0.2, 0) is 16.0 Å². The predicted molar refractivity (Wildman–Crippen MR) is 124 cm³/mol. The maximum atomic E-state index is 13.0. The van der Waals surface area contributed by atoms with Crippen LogP contribution in [0, 0.1) is 0 Å². The maximum Gasteiger partial charge on any atom is 0.344 e.